The van der Waals surface area contributed by atoms with E-state index in [0.29, 0.717) is 11.3 Å². The Hall–Kier alpha value is -2.21. The third-order valence-electron chi connectivity index (χ3n) is 4.02. The molecule has 1 fully saturated rings. The van der Waals surface area contributed by atoms with Crippen LogP contribution in [-0.2, 0) is 0 Å². The molecule has 1 saturated heterocycles. The van der Waals surface area contributed by atoms with Crippen molar-refractivity contribution in [2.24, 2.45) is 0 Å². The summed E-state index contributed by atoms with van der Waals surface area (Å²) < 4.78 is 0. The van der Waals surface area contributed by atoms with E-state index in [1.54, 1.807) is 41.8 Å². The number of thiazole rings is 1. The zero-order chi connectivity index (χ0) is 16.2. The van der Waals surface area contributed by atoms with Gasteiger partial charge in [0.1, 0.15) is 5.01 Å². The lowest BCUT2D eigenvalue weighted by molar-refractivity contribution is 0.101. The van der Waals surface area contributed by atoms with Crippen molar-refractivity contribution in [1.29, 1.82) is 0 Å². The fraction of sp³-hybridized carbons (Fsp3) is 0.353. The summed E-state index contributed by atoms with van der Waals surface area (Å²) in [5.74, 6) is -0.0141. The second-order valence-electron chi connectivity index (χ2n) is 5.64. The zero-order valence-electron chi connectivity index (χ0n) is 13.0. The van der Waals surface area contributed by atoms with Gasteiger partial charge in [-0.25, -0.2) is 9.78 Å². The van der Waals surface area contributed by atoms with Gasteiger partial charge in [-0.1, -0.05) is 12.1 Å². The Morgan fingerprint density at radius 1 is 1.35 bits per heavy atom. The fourth-order valence-electron chi connectivity index (χ4n) is 2.84. The van der Waals surface area contributed by atoms with E-state index in [1.165, 1.54) is 6.92 Å². The van der Waals surface area contributed by atoms with Crippen molar-refractivity contribution >= 4 is 28.8 Å². The number of likely N-dealkylation sites (tertiary alicyclic amines) is 1. The number of nitrogens with zero attached hydrogens (tertiary/aromatic N) is 2. The number of hydrogen-bond donors (Lipinski definition) is 1. The Bertz CT molecular complexity index is 700. The Balaban J connectivity index is 1.76. The third kappa shape index (κ3) is 3.59. The highest BCUT2D eigenvalue weighted by Gasteiger charge is 2.29. The number of aromatic nitrogens is 1. The van der Waals surface area contributed by atoms with Crippen LogP contribution in [0.25, 0.3) is 0 Å². The van der Waals surface area contributed by atoms with E-state index in [0.717, 1.165) is 30.8 Å². The topological polar surface area (TPSA) is 62.3 Å². The number of nitrogens with one attached hydrogen (secondary N) is 1. The van der Waals surface area contributed by atoms with E-state index in [1.807, 2.05) is 10.3 Å². The average Bonchev–Trinajstić information content (AvgIpc) is 3.09. The summed E-state index contributed by atoms with van der Waals surface area (Å²) in [6, 6.07) is 6.94. The fourth-order valence-corrected chi connectivity index (χ4v) is 3.63. The maximum absolute atomic E-state index is 12.7. The molecule has 0 saturated carbocycles. The predicted molar refractivity (Wildman–Crippen MR) is 90.9 cm³/mol. The van der Waals surface area contributed by atoms with E-state index in [4.69, 9.17) is 0 Å². The van der Waals surface area contributed by atoms with Crippen LogP contribution in [0.1, 0.15) is 47.6 Å². The number of Topliss-reactive ketones (excluding diaryl/α,β-unsaturated/α-hetero) is 1. The van der Waals surface area contributed by atoms with Crippen molar-refractivity contribution in [1.82, 2.24) is 9.88 Å². The number of anilines is 1. The number of urea groups is 1. The summed E-state index contributed by atoms with van der Waals surface area (Å²) in [5.41, 5.74) is 1.24. The molecule has 120 valence electrons. The number of hydrogen-bond acceptors (Lipinski definition) is 4. The molecule has 1 atom stereocenters. The Morgan fingerprint density at radius 2 is 2.22 bits per heavy atom. The molecule has 1 aromatic carbocycles. The molecular formula is C17H19N3O2S. The first-order valence-corrected chi connectivity index (χ1v) is 8.61. The van der Waals surface area contributed by atoms with Gasteiger partial charge in [0.05, 0.1) is 6.04 Å². The molecular weight excluding hydrogens is 310 g/mol. The maximum atomic E-state index is 12.7. The number of carbonyl (C=O) groups is 2. The van der Waals surface area contributed by atoms with Crippen molar-refractivity contribution in [3.05, 3.63) is 46.4 Å². The van der Waals surface area contributed by atoms with Gasteiger partial charge in [0, 0.05) is 29.4 Å². The van der Waals surface area contributed by atoms with Crippen LogP contribution in [0, 0.1) is 0 Å². The Morgan fingerprint density at radius 3 is 2.96 bits per heavy atom. The molecule has 0 bridgehead atoms. The number of rotatable bonds is 3. The van der Waals surface area contributed by atoms with Crippen LogP contribution >= 0.6 is 11.3 Å². The van der Waals surface area contributed by atoms with Crippen molar-refractivity contribution in [3.8, 4) is 0 Å². The quantitative estimate of drug-likeness (QED) is 0.862. The molecule has 0 spiro atoms. The van der Waals surface area contributed by atoms with Gasteiger partial charge in [-0.2, -0.15) is 0 Å². The lowest BCUT2D eigenvalue weighted by atomic mass is 10.0. The van der Waals surface area contributed by atoms with E-state index < -0.39 is 0 Å². The highest BCUT2D eigenvalue weighted by molar-refractivity contribution is 7.09. The molecule has 2 aromatic rings. The molecule has 0 aliphatic carbocycles. The van der Waals surface area contributed by atoms with Crippen LogP contribution in [0.2, 0.25) is 0 Å². The first kappa shape index (κ1) is 15.7. The van der Waals surface area contributed by atoms with Crippen LogP contribution < -0.4 is 5.32 Å². The van der Waals surface area contributed by atoms with Gasteiger partial charge in [0.25, 0.3) is 0 Å². The summed E-state index contributed by atoms with van der Waals surface area (Å²) in [7, 11) is 0. The van der Waals surface area contributed by atoms with Gasteiger partial charge < -0.3 is 10.2 Å². The minimum atomic E-state index is -0.134. The third-order valence-corrected chi connectivity index (χ3v) is 4.90. The van der Waals surface area contributed by atoms with Gasteiger partial charge in [-0.15, -0.1) is 11.3 Å². The van der Waals surface area contributed by atoms with E-state index in [-0.39, 0.29) is 17.9 Å². The number of piperidine rings is 1. The van der Waals surface area contributed by atoms with Gasteiger partial charge in [-0.3, -0.25) is 4.79 Å². The highest BCUT2D eigenvalue weighted by atomic mass is 32.1. The normalized spacial score (nSPS) is 17.8. The Kier molecular flexibility index (Phi) is 4.71. The van der Waals surface area contributed by atoms with Gasteiger partial charge in [0.15, 0.2) is 5.78 Å². The van der Waals surface area contributed by atoms with Crippen LogP contribution in [0.15, 0.2) is 35.8 Å². The summed E-state index contributed by atoms with van der Waals surface area (Å²) in [6.45, 7) is 2.24. The molecule has 1 aliphatic heterocycles. The maximum Gasteiger partial charge on any atom is 0.322 e. The van der Waals surface area contributed by atoms with Crippen molar-refractivity contribution < 1.29 is 9.59 Å². The second kappa shape index (κ2) is 6.91. The molecule has 6 heteroatoms. The number of carbonyl (C=O) groups excluding carboxylic acids is 2. The molecule has 1 aromatic heterocycles. The monoisotopic (exact) mass is 329 g/mol. The van der Waals surface area contributed by atoms with Gasteiger partial charge in [-0.05, 0) is 38.3 Å². The molecule has 2 heterocycles. The molecule has 0 unspecified atom stereocenters. The van der Waals surface area contributed by atoms with Crippen molar-refractivity contribution in [2.45, 2.75) is 32.2 Å². The van der Waals surface area contributed by atoms with E-state index in [9.17, 15) is 9.59 Å². The van der Waals surface area contributed by atoms with Crippen molar-refractivity contribution in [2.75, 3.05) is 11.9 Å². The van der Waals surface area contributed by atoms with Crippen LogP contribution in [0.4, 0.5) is 10.5 Å². The Labute approximate surface area is 139 Å². The zero-order valence-corrected chi connectivity index (χ0v) is 13.8. The van der Waals surface area contributed by atoms with Crippen LogP contribution in [-0.4, -0.2) is 28.2 Å². The summed E-state index contributed by atoms with van der Waals surface area (Å²) in [5, 5.41) is 5.83. The molecule has 23 heavy (non-hydrogen) atoms. The average molecular weight is 329 g/mol. The highest BCUT2D eigenvalue weighted by Crippen LogP contribution is 2.32. The second-order valence-corrected chi connectivity index (χ2v) is 6.57. The molecule has 3 rings (SSSR count). The van der Waals surface area contributed by atoms with Crippen LogP contribution in [0.5, 0.6) is 0 Å². The molecule has 0 radical (unpaired) electrons. The van der Waals surface area contributed by atoms with E-state index in [2.05, 4.69) is 10.3 Å². The standard InChI is InChI=1S/C17H19N3O2S/c1-12(21)13-5-4-6-14(11-13)19-17(22)20-9-3-2-7-15(20)16-18-8-10-23-16/h4-6,8,10-11,15H,2-3,7,9H2,1H3,(H,19,22)/t15-/m0/s1. The molecule has 2 amide bonds. The molecule has 5 nitrogen and oxygen atoms in total. The van der Waals surface area contributed by atoms with Gasteiger partial charge in [0.2, 0.25) is 0 Å². The largest absolute Gasteiger partial charge is 0.322 e. The lowest BCUT2D eigenvalue weighted by Gasteiger charge is -2.34. The predicted octanol–water partition coefficient (Wildman–Crippen LogP) is 4.10. The molecule has 1 N–H and O–H groups in total. The summed E-state index contributed by atoms with van der Waals surface area (Å²) >= 11 is 1.59. The minimum absolute atomic E-state index is 0.0141. The molecule has 1 aliphatic rings. The van der Waals surface area contributed by atoms with Crippen LogP contribution in [0.3, 0.4) is 0 Å². The smallest absolute Gasteiger partial charge is 0.315 e. The van der Waals surface area contributed by atoms with Crippen molar-refractivity contribution in [3.63, 3.8) is 0 Å². The SMILES string of the molecule is CC(=O)c1cccc(NC(=O)N2CCCC[C@H]2c2nccs2)c1. The lowest BCUT2D eigenvalue weighted by Crippen LogP contribution is -2.41. The van der Waals surface area contributed by atoms with Gasteiger partial charge >= 0.3 is 6.03 Å². The number of amides is 2. The first-order valence-electron chi connectivity index (χ1n) is 7.73. The van der Waals surface area contributed by atoms with E-state index >= 15 is 0 Å². The first-order chi connectivity index (χ1) is 11.1. The minimum Gasteiger partial charge on any atom is -0.315 e. The number of ketones is 1. The summed E-state index contributed by atoms with van der Waals surface area (Å²) in [6.07, 6.45) is 4.83. The number of benzene rings is 1. The summed E-state index contributed by atoms with van der Waals surface area (Å²) in [4.78, 5) is 30.3.